The van der Waals surface area contributed by atoms with Crippen LogP contribution in [0.5, 0.6) is 0 Å². The minimum Gasteiger partial charge on any atom is -0.379 e. The van der Waals surface area contributed by atoms with Crippen molar-refractivity contribution in [2.45, 2.75) is 168 Å². The maximum absolute atomic E-state index is 6.01. The molecule has 1 atom stereocenters. The quantitative estimate of drug-likeness (QED) is 0.147. The van der Waals surface area contributed by atoms with E-state index in [4.69, 9.17) is 4.74 Å². The second-order valence-electron chi connectivity index (χ2n) is 9.19. The van der Waals surface area contributed by atoms with E-state index >= 15 is 0 Å². The minimum atomic E-state index is 0.470. The van der Waals surface area contributed by atoms with Gasteiger partial charge in [0, 0.05) is 6.61 Å². The van der Waals surface area contributed by atoms with Crippen LogP contribution in [0.1, 0.15) is 162 Å². The Bertz CT molecular complexity index is 237. The van der Waals surface area contributed by atoms with E-state index in [1.807, 2.05) is 0 Å². The number of rotatable bonds is 24. The van der Waals surface area contributed by atoms with Crippen LogP contribution in [-0.4, -0.2) is 12.7 Å². The van der Waals surface area contributed by atoms with Gasteiger partial charge in [0.15, 0.2) is 0 Å². The normalized spacial score (nSPS) is 12.5. The Balaban J connectivity index is 3.12. The van der Waals surface area contributed by atoms with Crippen molar-refractivity contribution in [3.63, 3.8) is 0 Å². The van der Waals surface area contributed by atoms with Crippen LogP contribution >= 0.6 is 0 Å². The maximum atomic E-state index is 6.01. The van der Waals surface area contributed by atoms with Crippen LogP contribution in [0.25, 0.3) is 0 Å². The standard InChI is InChI=1S/C27H56O/c1-4-6-8-10-12-14-16-17-19-21-23-25-27(3)28-26-24-22-20-18-15-13-11-9-7-5-2/h27H,4-26H2,1-3H3. The molecule has 0 aromatic rings. The van der Waals surface area contributed by atoms with E-state index in [2.05, 4.69) is 20.8 Å². The molecule has 0 amide bonds. The van der Waals surface area contributed by atoms with Gasteiger partial charge >= 0.3 is 0 Å². The molecule has 0 fully saturated rings. The fourth-order valence-corrected chi connectivity index (χ4v) is 4.05. The van der Waals surface area contributed by atoms with Crippen molar-refractivity contribution in [2.75, 3.05) is 6.61 Å². The zero-order chi connectivity index (χ0) is 20.5. The lowest BCUT2D eigenvalue weighted by molar-refractivity contribution is 0.0557. The topological polar surface area (TPSA) is 9.23 Å². The molecule has 0 rings (SSSR count). The monoisotopic (exact) mass is 396 g/mol. The lowest BCUT2D eigenvalue weighted by Gasteiger charge is -2.13. The molecule has 0 N–H and O–H groups in total. The van der Waals surface area contributed by atoms with Crippen molar-refractivity contribution < 1.29 is 4.74 Å². The van der Waals surface area contributed by atoms with Crippen molar-refractivity contribution in [3.05, 3.63) is 0 Å². The summed E-state index contributed by atoms with van der Waals surface area (Å²) >= 11 is 0. The van der Waals surface area contributed by atoms with Crippen LogP contribution in [0.4, 0.5) is 0 Å². The molecule has 170 valence electrons. The highest BCUT2D eigenvalue weighted by Crippen LogP contribution is 2.14. The third kappa shape index (κ3) is 24.0. The van der Waals surface area contributed by atoms with Crippen molar-refractivity contribution >= 4 is 0 Å². The van der Waals surface area contributed by atoms with Gasteiger partial charge in [0.25, 0.3) is 0 Å². The molecule has 0 aliphatic rings. The first-order valence-electron chi connectivity index (χ1n) is 13.4. The number of hydrogen-bond donors (Lipinski definition) is 0. The van der Waals surface area contributed by atoms with Crippen LogP contribution in [0.3, 0.4) is 0 Å². The molecule has 0 saturated carbocycles. The SMILES string of the molecule is CCCCCCCCCCCCCC(C)OCCCCCCCCCCCC. The molecular formula is C27H56O. The van der Waals surface area contributed by atoms with Gasteiger partial charge in [-0.2, -0.15) is 0 Å². The van der Waals surface area contributed by atoms with Crippen molar-refractivity contribution in [1.82, 2.24) is 0 Å². The summed E-state index contributed by atoms with van der Waals surface area (Å²) in [4.78, 5) is 0. The lowest BCUT2D eigenvalue weighted by atomic mass is 10.0. The van der Waals surface area contributed by atoms with Gasteiger partial charge in [-0.25, -0.2) is 0 Å². The van der Waals surface area contributed by atoms with Gasteiger partial charge in [-0.3, -0.25) is 0 Å². The second kappa shape index (κ2) is 25.0. The Kier molecular flexibility index (Phi) is 25.0. The Labute approximate surface area is 179 Å². The largest absolute Gasteiger partial charge is 0.379 e. The predicted molar refractivity (Wildman–Crippen MR) is 128 cm³/mol. The molecule has 0 aliphatic heterocycles. The Hall–Kier alpha value is -0.0400. The van der Waals surface area contributed by atoms with Gasteiger partial charge in [0.1, 0.15) is 0 Å². The second-order valence-corrected chi connectivity index (χ2v) is 9.19. The first-order valence-corrected chi connectivity index (χ1v) is 13.4. The highest BCUT2D eigenvalue weighted by molar-refractivity contribution is 4.54. The van der Waals surface area contributed by atoms with Gasteiger partial charge in [-0.1, -0.05) is 142 Å². The molecule has 0 spiro atoms. The first-order chi connectivity index (χ1) is 13.8. The van der Waals surface area contributed by atoms with Crippen molar-refractivity contribution in [1.29, 1.82) is 0 Å². The van der Waals surface area contributed by atoms with E-state index in [0.29, 0.717) is 6.10 Å². The summed E-state index contributed by atoms with van der Waals surface area (Å²) in [5.41, 5.74) is 0. The third-order valence-electron chi connectivity index (χ3n) is 6.11. The summed E-state index contributed by atoms with van der Waals surface area (Å²) < 4.78 is 6.01. The molecule has 0 aromatic carbocycles. The summed E-state index contributed by atoms with van der Waals surface area (Å²) in [6.45, 7) is 7.84. The van der Waals surface area contributed by atoms with Gasteiger partial charge < -0.3 is 4.74 Å². The first kappa shape index (κ1) is 28.0. The third-order valence-corrected chi connectivity index (χ3v) is 6.11. The van der Waals surface area contributed by atoms with E-state index < -0.39 is 0 Å². The van der Waals surface area contributed by atoms with E-state index in [0.717, 1.165) is 6.61 Å². The molecule has 28 heavy (non-hydrogen) atoms. The summed E-state index contributed by atoms with van der Waals surface area (Å²) in [7, 11) is 0. The Morgan fingerprint density at radius 1 is 0.429 bits per heavy atom. The number of ether oxygens (including phenoxy) is 1. The van der Waals surface area contributed by atoms with Crippen LogP contribution in [0, 0.1) is 0 Å². The van der Waals surface area contributed by atoms with Gasteiger partial charge in [0.05, 0.1) is 6.10 Å². The average Bonchev–Trinajstić information content (AvgIpc) is 2.70. The highest BCUT2D eigenvalue weighted by Gasteiger charge is 2.02. The molecule has 1 heteroatoms. The summed E-state index contributed by atoms with van der Waals surface area (Å²) in [5.74, 6) is 0. The minimum absolute atomic E-state index is 0.470. The summed E-state index contributed by atoms with van der Waals surface area (Å²) in [5, 5.41) is 0. The van der Waals surface area contributed by atoms with Gasteiger partial charge in [-0.15, -0.1) is 0 Å². The van der Waals surface area contributed by atoms with Gasteiger partial charge in [-0.05, 0) is 19.8 Å². The van der Waals surface area contributed by atoms with Crippen LogP contribution in [0.15, 0.2) is 0 Å². The van der Waals surface area contributed by atoms with Gasteiger partial charge in [0.2, 0.25) is 0 Å². The molecule has 0 aliphatic carbocycles. The maximum Gasteiger partial charge on any atom is 0.0547 e. The zero-order valence-corrected chi connectivity index (χ0v) is 20.2. The molecule has 0 bridgehead atoms. The number of hydrogen-bond acceptors (Lipinski definition) is 1. The zero-order valence-electron chi connectivity index (χ0n) is 20.2. The fourth-order valence-electron chi connectivity index (χ4n) is 4.05. The molecule has 0 heterocycles. The number of unbranched alkanes of at least 4 members (excludes halogenated alkanes) is 19. The lowest BCUT2D eigenvalue weighted by Crippen LogP contribution is -2.09. The molecule has 0 radical (unpaired) electrons. The smallest absolute Gasteiger partial charge is 0.0547 e. The molecule has 1 nitrogen and oxygen atoms in total. The van der Waals surface area contributed by atoms with E-state index in [-0.39, 0.29) is 0 Å². The van der Waals surface area contributed by atoms with E-state index in [1.54, 1.807) is 0 Å². The highest BCUT2D eigenvalue weighted by atomic mass is 16.5. The van der Waals surface area contributed by atoms with E-state index in [1.165, 1.54) is 141 Å². The van der Waals surface area contributed by atoms with E-state index in [9.17, 15) is 0 Å². The molecule has 0 aromatic heterocycles. The Morgan fingerprint density at radius 3 is 1.14 bits per heavy atom. The summed E-state index contributed by atoms with van der Waals surface area (Å²) in [6.07, 6.45) is 31.5. The predicted octanol–water partition coefficient (Wildman–Crippen LogP) is 10.0. The Morgan fingerprint density at radius 2 is 0.750 bits per heavy atom. The summed E-state index contributed by atoms with van der Waals surface area (Å²) in [6, 6.07) is 0. The average molecular weight is 397 g/mol. The van der Waals surface area contributed by atoms with Crippen LogP contribution in [-0.2, 0) is 4.74 Å². The molecule has 0 saturated heterocycles. The van der Waals surface area contributed by atoms with Crippen molar-refractivity contribution in [3.8, 4) is 0 Å². The molecular weight excluding hydrogens is 340 g/mol. The van der Waals surface area contributed by atoms with Crippen LogP contribution < -0.4 is 0 Å². The van der Waals surface area contributed by atoms with Crippen LogP contribution in [0.2, 0.25) is 0 Å². The fraction of sp³-hybridized carbons (Fsp3) is 1.00. The van der Waals surface area contributed by atoms with Crippen molar-refractivity contribution in [2.24, 2.45) is 0 Å². The molecule has 1 unspecified atom stereocenters.